The first-order chi connectivity index (χ1) is 9.45. The summed E-state index contributed by atoms with van der Waals surface area (Å²) in [7, 11) is 0. The van der Waals surface area contributed by atoms with Crippen LogP contribution < -0.4 is 5.32 Å². The number of carboxylic acid groups (broad SMARTS) is 1. The fourth-order valence-electron chi connectivity index (χ4n) is 1.54. The van der Waals surface area contributed by atoms with Crippen LogP contribution in [-0.4, -0.2) is 33.1 Å². The van der Waals surface area contributed by atoms with Gasteiger partial charge in [-0.25, -0.2) is 0 Å². The number of aryl methyl sites for hydroxylation is 1. The molecule has 2 N–H and O–H groups in total. The molecule has 8 heteroatoms. The first-order valence-electron chi connectivity index (χ1n) is 5.84. The molecule has 1 saturated heterocycles. The van der Waals surface area contributed by atoms with Gasteiger partial charge in [0.25, 0.3) is 0 Å². The third-order valence-electron chi connectivity index (χ3n) is 2.52. The molecule has 106 valence electrons. The van der Waals surface area contributed by atoms with Crippen molar-refractivity contribution in [3.63, 3.8) is 0 Å². The molecule has 0 aromatic carbocycles. The largest absolute Gasteiger partial charge is 0.481 e. The molecule has 0 bridgehead atoms. The van der Waals surface area contributed by atoms with Crippen LogP contribution >= 0.6 is 11.8 Å². The Bertz CT molecular complexity index is 606. The number of carbonyl (C=O) groups excluding carboxylic acids is 1. The van der Waals surface area contributed by atoms with E-state index in [9.17, 15) is 9.59 Å². The van der Waals surface area contributed by atoms with Gasteiger partial charge in [-0.1, -0.05) is 11.8 Å². The first kappa shape index (κ1) is 14.3. The summed E-state index contributed by atoms with van der Waals surface area (Å²) in [5.41, 5.74) is 0.571. The lowest BCUT2D eigenvalue weighted by molar-refractivity contribution is -0.138. The molecule has 0 aliphatic carbocycles. The normalized spacial score (nSPS) is 21.3. The predicted molar refractivity (Wildman–Crippen MR) is 74.9 cm³/mol. The second-order valence-corrected chi connectivity index (χ2v) is 5.39. The molecule has 1 aromatic rings. The standard InChI is InChI=1S/C12H13N3O4S/c1-6-3-4-8(19-6)7(2)14-15-12-13-11(18)9(20-12)5-10(16)17/h3-4,9H,5H2,1-2H3,(H,16,17)(H,13,15,18)/b14-7-/t9-/m0/s1. The fourth-order valence-corrected chi connectivity index (χ4v) is 2.45. The number of nitrogens with zero attached hydrogens (tertiary/aromatic N) is 2. The molecule has 1 aliphatic heterocycles. The zero-order chi connectivity index (χ0) is 14.7. The lowest BCUT2D eigenvalue weighted by atomic mass is 10.3. The van der Waals surface area contributed by atoms with Gasteiger partial charge >= 0.3 is 5.97 Å². The number of amidine groups is 1. The van der Waals surface area contributed by atoms with E-state index in [1.54, 1.807) is 13.0 Å². The summed E-state index contributed by atoms with van der Waals surface area (Å²) >= 11 is 1.06. The maximum atomic E-state index is 11.5. The van der Waals surface area contributed by atoms with Gasteiger partial charge in [-0.3, -0.25) is 9.59 Å². The van der Waals surface area contributed by atoms with Gasteiger partial charge in [0.2, 0.25) is 5.91 Å². The average Bonchev–Trinajstić information content (AvgIpc) is 2.93. The number of hydrogen-bond acceptors (Lipinski definition) is 6. The van der Waals surface area contributed by atoms with Crippen LogP contribution in [0.25, 0.3) is 0 Å². The molecule has 20 heavy (non-hydrogen) atoms. The van der Waals surface area contributed by atoms with Crippen molar-refractivity contribution in [1.29, 1.82) is 0 Å². The summed E-state index contributed by atoms with van der Waals surface area (Å²) < 4.78 is 5.38. The summed E-state index contributed by atoms with van der Waals surface area (Å²) in [6.45, 7) is 3.56. The molecule has 1 amide bonds. The Hall–Kier alpha value is -2.09. The molecule has 1 fully saturated rings. The monoisotopic (exact) mass is 295 g/mol. The number of nitrogens with one attached hydrogen (secondary N) is 1. The number of hydrogen-bond donors (Lipinski definition) is 2. The SMILES string of the molecule is C/C(=N/N=C1/NC(=O)[C@H](CC(=O)O)S1)c1ccc(C)o1. The number of amides is 1. The number of thioether (sulfide) groups is 1. The van der Waals surface area contributed by atoms with Crippen LogP contribution in [0.4, 0.5) is 0 Å². The zero-order valence-electron chi connectivity index (χ0n) is 10.9. The molecule has 0 radical (unpaired) electrons. The zero-order valence-corrected chi connectivity index (χ0v) is 11.7. The minimum absolute atomic E-state index is 0.240. The minimum atomic E-state index is -1.02. The van der Waals surface area contributed by atoms with Crippen LogP contribution in [-0.2, 0) is 9.59 Å². The van der Waals surface area contributed by atoms with Crippen LogP contribution in [0.1, 0.15) is 24.9 Å². The summed E-state index contributed by atoms with van der Waals surface area (Å²) in [6.07, 6.45) is -0.240. The van der Waals surface area contributed by atoms with Crippen LogP contribution in [0.2, 0.25) is 0 Å². The van der Waals surface area contributed by atoms with Crippen molar-refractivity contribution in [2.45, 2.75) is 25.5 Å². The van der Waals surface area contributed by atoms with Gasteiger partial charge in [-0.05, 0) is 26.0 Å². The van der Waals surface area contributed by atoms with Crippen molar-refractivity contribution in [1.82, 2.24) is 5.32 Å². The van der Waals surface area contributed by atoms with Gasteiger partial charge in [0.15, 0.2) is 5.17 Å². The van der Waals surface area contributed by atoms with E-state index in [0.29, 0.717) is 16.6 Å². The van der Waals surface area contributed by atoms with E-state index >= 15 is 0 Å². The Morgan fingerprint density at radius 1 is 1.55 bits per heavy atom. The Kier molecular flexibility index (Phi) is 4.23. The molecule has 7 nitrogen and oxygen atoms in total. The highest BCUT2D eigenvalue weighted by Crippen LogP contribution is 2.22. The van der Waals surface area contributed by atoms with Crippen molar-refractivity contribution < 1.29 is 19.1 Å². The highest BCUT2D eigenvalue weighted by Gasteiger charge is 2.32. The summed E-state index contributed by atoms with van der Waals surface area (Å²) in [5, 5.41) is 18.7. The molecular weight excluding hydrogens is 282 g/mol. The van der Waals surface area contributed by atoms with Crippen molar-refractivity contribution in [3.05, 3.63) is 23.7 Å². The molecule has 0 spiro atoms. The minimum Gasteiger partial charge on any atom is -0.481 e. The van der Waals surface area contributed by atoms with E-state index in [4.69, 9.17) is 9.52 Å². The maximum Gasteiger partial charge on any atom is 0.305 e. The lowest BCUT2D eigenvalue weighted by Crippen LogP contribution is -2.26. The molecule has 1 aliphatic rings. The van der Waals surface area contributed by atoms with E-state index in [0.717, 1.165) is 17.5 Å². The third kappa shape index (κ3) is 3.47. The number of aliphatic carboxylic acids is 1. The van der Waals surface area contributed by atoms with Gasteiger partial charge in [-0.2, -0.15) is 0 Å². The molecular formula is C12H13N3O4S. The first-order valence-corrected chi connectivity index (χ1v) is 6.72. The topological polar surface area (TPSA) is 104 Å². The van der Waals surface area contributed by atoms with Crippen molar-refractivity contribution in [2.75, 3.05) is 0 Å². The Morgan fingerprint density at radius 3 is 2.90 bits per heavy atom. The van der Waals surface area contributed by atoms with E-state index in [-0.39, 0.29) is 12.3 Å². The summed E-state index contributed by atoms with van der Waals surface area (Å²) in [6, 6.07) is 3.60. The van der Waals surface area contributed by atoms with E-state index < -0.39 is 11.2 Å². The van der Waals surface area contributed by atoms with Crippen LogP contribution in [0.3, 0.4) is 0 Å². The molecule has 1 atom stereocenters. The maximum absolute atomic E-state index is 11.5. The van der Waals surface area contributed by atoms with Gasteiger partial charge in [-0.15, -0.1) is 10.2 Å². The lowest BCUT2D eigenvalue weighted by Gasteiger charge is -1.98. The highest BCUT2D eigenvalue weighted by molar-refractivity contribution is 8.15. The fraction of sp³-hybridized carbons (Fsp3) is 0.333. The van der Waals surface area contributed by atoms with E-state index in [1.807, 2.05) is 13.0 Å². The number of carbonyl (C=O) groups is 2. The number of rotatable bonds is 4. The second-order valence-electron chi connectivity index (χ2n) is 4.19. The summed E-state index contributed by atoms with van der Waals surface area (Å²) in [5.74, 6) is -0.0157. The quantitative estimate of drug-likeness (QED) is 0.645. The van der Waals surface area contributed by atoms with Crippen molar-refractivity contribution in [3.8, 4) is 0 Å². The molecule has 0 saturated carbocycles. The number of furan rings is 1. The van der Waals surface area contributed by atoms with Crippen LogP contribution in [0.5, 0.6) is 0 Å². The van der Waals surface area contributed by atoms with Crippen molar-refractivity contribution in [2.24, 2.45) is 10.2 Å². The van der Waals surface area contributed by atoms with Crippen LogP contribution in [0, 0.1) is 6.92 Å². The number of carboxylic acids is 1. The third-order valence-corrected chi connectivity index (χ3v) is 3.60. The Balaban J connectivity index is 2.05. The summed E-state index contributed by atoms with van der Waals surface area (Å²) in [4.78, 5) is 22.1. The van der Waals surface area contributed by atoms with Gasteiger partial charge in [0, 0.05) is 0 Å². The Morgan fingerprint density at radius 2 is 2.30 bits per heavy atom. The molecule has 2 rings (SSSR count). The van der Waals surface area contributed by atoms with Gasteiger partial charge in [0.1, 0.15) is 22.5 Å². The van der Waals surface area contributed by atoms with E-state index in [1.165, 1.54) is 0 Å². The van der Waals surface area contributed by atoms with Crippen LogP contribution in [0.15, 0.2) is 26.8 Å². The van der Waals surface area contributed by atoms with Gasteiger partial charge < -0.3 is 14.8 Å². The van der Waals surface area contributed by atoms with Crippen molar-refractivity contribution >= 4 is 34.5 Å². The van der Waals surface area contributed by atoms with E-state index in [2.05, 4.69) is 15.5 Å². The predicted octanol–water partition coefficient (Wildman–Crippen LogP) is 1.37. The molecule has 0 unspecified atom stereocenters. The second kappa shape index (κ2) is 5.91. The highest BCUT2D eigenvalue weighted by atomic mass is 32.2. The molecule has 2 heterocycles. The van der Waals surface area contributed by atoms with Gasteiger partial charge in [0.05, 0.1) is 6.42 Å². The smallest absolute Gasteiger partial charge is 0.305 e. The molecule has 1 aromatic heterocycles. The average molecular weight is 295 g/mol. The Labute approximate surface area is 119 Å².